The van der Waals surface area contributed by atoms with E-state index in [9.17, 15) is 4.79 Å². The van der Waals surface area contributed by atoms with E-state index in [2.05, 4.69) is 55.5 Å². The molecule has 122 valence electrons. The minimum absolute atomic E-state index is 0.216. The predicted molar refractivity (Wildman–Crippen MR) is 91.5 cm³/mol. The maximum absolute atomic E-state index is 12.4. The zero-order chi connectivity index (χ0) is 16.4. The summed E-state index contributed by atoms with van der Waals surface area (Å²) < 4.78 is 6.81. The lowest BCUT2D eigenvalue weighted by Crippen LogP contribution is -2.38. The molecule has 0 N–H and O–H groups in total. The molecule has 1 amide bonds. The molecule has 2 aromatic rings. The number of rotatable bonds is 0. The third-order valence-corrected chi connectivity index (χ3v) is 6.02. The van der Waals surface area contributed by atoms with Crippen LogP contribution in [-0.4, -0.2) is 23.1 Å². The van der Waals surface area contributed by atoms with E-state index < -0.39 is 11.3 Å². The van der Waals surface area contributed by atoms with Crippen molar-refractivity contribution in [3.8, 4) is 0 Å². The van der Waals surface area contributed by atoms with Gasteiger partial charge in [0.25, 0.3) is 0 Å². The van der Waals surface area contributed by atoms with Crippen LogP contribution in [0, 0.1) is 0 Å². The minimum Gasteiger partial charge on any atom is -0.338 e. The van der Waals surface area contributed by atoms with E-state index in [-0.39, 0.29) is 5.91 Å². The second-order valence-corrected chi connectivity index (χ2v) is 7.40. The number of nitrogens with zero attached hydrogens (tertiary/aromatic N) is 1. The number of hydrogen-bond donors (Lipinski definition) is 0. The van der Waals surface area contributed by atoms with Crippen LogP contribution in [0.15, 0.2) is 48.5 Å². The molecule has 0 saturated carbocycles. The van der Waals surface area contributed by atoms with Crippen LogP contribution in [0.3, 0.4) is 0 Å². The van der Waals surface area contributed by atoms with Crippen LogP contribution in [0.25, 0.3) is 0 Å². The Morgan fingerprint density at radius 2 is 1.50 bits per heavy atom. The molecule has 3 aliphatic rings. The topological polar surface area (TPSA) is 29.5 Å². The number of carbonyl (C=O) groups is 1. The quantitative estimate of drug-likeness (QED) is 0.745. The Balaban J connectivity index is 1.78. The normalized spacial score (nSPS) is 26.9. The highest BCUT2D eigenvalue weighted by Crippen LogP contribution is 2.52. The maximum Gasteiger partial charge on any atom is 0.225 e. The lowest BCUT2D eigenvalue weighted by molar-refractivity contribution is -0.138. The van der Waals surface area contributed by atoms with Gasteiger partial charge in [0, 0.05) is 12.8 Å². The van der Waals surface area contributed by atoms with Gasteiger partial charge in [-0.3, -0.25) is 4.79 Å². The van der Waals surface area contributed by atoms with Crippen molar-refractivity contribution in [3.05, 3.63) is 70.8 Å². The average Bonchev–Trinajstić information content (AvgIpc) is 3.01. The molecular formula is C21H21NO2. The molecule has 24 heavy (non-hydrogen) atoms. The Labute approximate surface area is 142 Å². The van der Waals surface area contributed by atoms with Gasteiger partial charge in [0.15, 0.2) is 0 Å². The highest BCUT2D eigenvalue weighted by atomic mass is 16.6. The summed E-state index contributed by atoms with van der Waals surface area (Å²) >= 11 is 0. The average molecular weight is 319 g/mol. The van der Waals surface area contributed by atoms with Crippen molar-refractivity contribution in [3.63, 3.8) is 0 Å². The third-order valence-electron chi connectivity index (χ3n) is 6.02. The Morgan fingerprint density at radius 1 is 0.917 bits per heavy atom. The summed E-state index contributed by atoms with van der Waals surface area (Å²) in [5.41, 5.74) is 4.13. The molecule has 0 bridgehead atoms. The molecule has 1 aliphatic carbocycles. The van der Waals surface area contributed by atoms with E-state index in [0.29, 0.717) is 13.0 Å². The van der Waals surface area contributed by atoms with E-state index in [1.54, 1.807) is 0 Å². The van der Waals surface area contributed by atoms with Crippen LogP contribution in [0.4, 0.5) is 0 Å². The van der Waals surface area contributed by atoms with Crippen molar-refractivity contribution < 1.29 is 9.53 Å². The van der Waals surface area contributed by atoms with Crippen LogP contribution >= 0.6 is 0 Å². The van der Waals surface area contributed by atoms with Crippen molar-refractivity contribution in [1.82, 2.24) is 4.90 Å². The summed E-state index contributed by atoms with van der Waals surface area (Å²) in [7, 11) is 0. The van der Waals surface area contributed by atoms with Crippen molar-refractivity contribution in [2.24, 2.45) is 0 Å². The number of fused-ring (bicyclic) bond motifs is 5. The highest BCUT2D eigenvalue weighted by molar-refractivity contribution is 5.80. The molecule has 1 spiro atoms. The Kier molecular flexibility index (Phi) is 2.79. The maximum atomic E-state index is 12.4. The van der Waals surface area contributed by atoms with Crippen LogP contribution in [0.5, 0.6) is 0 Å². The molecular weight excluding hydrogens is 298 g/mol. The Morgan fingerprint density at radius 3 is 2.08 bits per heavy atom. The summed E-state index contributed by atoms with van der Waals surface area (Å²) in [4.78, 5) is 14.4. The monoisotopic (exact) mass is 319 g/mol. The van der Waals surface area contributed by atoms with E-state index in [1.807, 2.05) is 4.90 Å². The van der Waals surface area contributed by atoms with Gasteiger partial charge < -0.3 is 9.64 Å². The molecule has 1 atom stereocenters. The standard InChI is InChI=1S/C21H21NO2/c1-20-13-12-19(23)22(20)14-21(24-20)17-8-4-2-6-15(17)10-11-16-7-3-5-9-18(16)21/h2-9H,10-14H2,1H3. The zero-order valence-electron chi connectivity index (χ0n) is 13.9. The SMILES string of the molecule is CC12CCC(=O)N1CC1(O2)c2ccccc2CCc2ccccc21. The lowest BCUT2D eigenvalue weighted by Gasteiger charge is -2.33. The second-order valence-electron chi connectivity index (χ2n) is 7.40. The Hall–Kier alpha value is -2.13. The third kappa shape index (κ3) is 1.73. The van der Waals surface area contributed by atoms with E-state index in [4.69, 9.17) is 4.74 Å². The van der Waals surface area contributed by atoms with Gasteiger partial charge in [-0.2, -0.15) is 0 Å². The molecule has 2 aliphatic heterocycles. The first-order valence-corrected chi connectivity index (χ1v) is 8.80. The molecule has 3 nitrogen and oxygen atoms in total. The molecule has 3 heteroatoms. The number of aryl methyl sites for hydroxylation is 2. The molecule has 2 saturated heterocycles. The fourth-order valence-electron chi connectivity index (χ4n) is 4.82. The van der Waals surface area contributed by atoms with Gasteiger partial charge in [-0.15, -0.1) is 0 Å². The minimum atomic E-state index is -0.533. The lowest BCUT2D eigenvalue weighted by atomic mass is 9.83. The van der Waals surface area contributed by atoms with E-state index in [1.165, 1.54) is 22.3 Å². The Bertz CT molecular complexity index is 796. The number of benzene rings is 2. The second kappa shape index (κ2) is 4.70. The van der Waals surface area contributed by atoms with Gasteiger partial charge in [-0.05, 0) is 42.0 Å². The van der Waals surface area contributed by atoms with Gasteiger partial charge >= 0.3 is 0 Å². The van der Waals surface area contributed by atoms with E-state index in [0.717, 1.165) is 19.3 Å². The largest absolute Gasteiger partial charge is 0.338 e. The summed E-state index contributed by atoms with van der Waals surface area (Å²) in [6.07, 6.45) is 3.40. The van der Waals surface area contributed by atoms with Gasteiger partial charge in [0.05, 0.1) is 6.54 Å². The molecule has 2 heterocycles. The van der Waals surface area contributed by atoms with Gasteiger partial charge in [-0.1, -0.05) is 48.5 Å². The van der Waals surface area contributed by atoms with E-state index >= 15 is 0 Å². The number of hydrogen-bond acceptors (Lipinski definition) is 2. The van der Waals surface area contributed by atoms with Crippen molar-refractivity contribution in [1.29, 1.82) is 0 Å². The molecule has 2 aromatic carbocycles. The number of ether oxygens (including phenoxy) is 1. The summed E-state index contributed by atoms with van der Waals surface area (Å²) in [5.74, 6) is 0.216. The fourth-order valence-corrected chi connectivity index (χ4v) is 4.82. The fraction of sp³-hybridized carbons (Fsp3) is 0.381. The summed E-state index contributed by atoms with van der Waals surface area (Å²) in [5, 5.41) is 0. The first kappa shape index (κ1) is 14.2. The molecule has 2 fully saturated rings. The zero-order valence-corrected chi connectivity index (χ0v) is 13.9. The summed E-state index contributed by atoms with van der Waals surface area (Å²) in [6.45, 7) is 2.69. The molecule has 1 unspecified atom stereocenters. The molecule has 0 radical (unpaired) electrons. The first-order valence-electron chi connectivity index (χ1n) is 8.80. The van der Waals surface area contributed by atoms with Crippen molar-refractivity contribution in [2.75, 3.05) is 6.54 Å². The van der Waals surface area contributed by atoms with Crippen LogP contribution < -0.4 is 0 Å². The van der Waals surface area contributed by atoms with Gasteiger partial charge in [0.2, 0.25) is 5.91 Å². The number of amides is 1. The van der Waals surface area contributed by atoms with Crippen LogP contribution in [0.1, 0.15) is 42.0 Å². The van der Waals surface area contributed by atoms with Gasteiger partial charge in [0.1, 0.15) is 11.3 Å². The van der Waals surface area contributed by atoms with Crippen LogP contribution in [-0.2, 0) is 28.0 Å². The number of carbonyl (C=O) groups excluding carboxylic acids is 1. The molecule has 0 aromatic heterocycles. The first-order chi connectivity index (χ1) is 11.6. The van der Waals surface area contributed by atoms with Crippen LogP contribution in [0.2, 0.25) is 0 Å². The molecule has 5 rings (SSSR count). The summed E-state index contributed by atoms with van der Waals surface area (Å²) in [6, 6.07) is 17.2. The van der Waals surface area contributed by atoms with Gasteiger partial charge in [-0.25, -0.2) is 0 Å². The van der Waals surface area contributed by atoms with Crippen molar-refractivity contribution in [2.45, 2.75) is 43.9 Å². The highest BCUT2D eigenvalue weighted by Gasteiger charge is 2.59. The smallest absolute Gasteiger partial charge is 0.225 e. The van der Waals surface area contributed by atoms with Crippen molar-refractivity contribution >= 4 is 5.91 Å². The predicted octanol–water partition coefficient (Wildman–Crippen LogP) is 3.40.